The minimum absolute atomic E-state index is 0.771. The number of methoxy groups -OCH3 is 1. The molecule has 0 radical (unpaired) electrons. The van der Waals surface area contributed by atoms with Gasteiger partial charge in [-0.15, -0.1) is 0 Å². The van der Waals surface area contributed by atoms with E-state index in [-0.39, 0.29) is 0 Å². The predicted molar refractivity (Wildman–Crippen MR) is 61.0 cm³/mol. The highest BCUT2D eigenvalue weighted by molar-refractivity contribution is 5.47. The molecular weight excluding hydrogens is 174 g/mol. The van der Waals surface area contributed by atoms with Crippen LogP contribution in [0.3, 0.4) is 0 Å². The fourth-order valence-electron chi connectivity index (χ4n) is 1.37. The number of aryl methyl sites for hydroxylation is 1. The number of likely N-dealkylation sites (N-methyl/N-ethyl adjacent to an activating group) is 1. The van der Waals surface area contributed by atoms with Crippen LogP contribution in [0.25, 0.3) is 0 Å². The smallest absolute Gasteiger partial charge is 0.0637 e. The molecule has 1 rings (SSSR count). The second-order valence-corrected chi connectivity index (χ2v) is 3.44. The molecule has 0 atom stereocenters. The number of hydrogen-bond acceptors (Lipinski definition) is 2. The van der Waals surface area contributed by atoms with Gasteiger partial charge in [-0.25, -0.2) is 0 Å². The molecule has 0 aliphatic carbocycles. The van der Waals surface area contributed by atoms with Crippen LogP contribution in [0.15, 0.2) is 24.3 Å². The molecule has 0 aromatic heterocycles. The van der Waals surface area contributed by atoms with Gasteiger partial charge in [-0.2, -0.15) is 0 Å². The molecule has 1 aromatic carbocycles. The van der Waals surface area contributed by atoms with Crippen molar-refractivity contribution in [3.63, 3.8) is 0 Å². The largest absolute Gasteiger partial charge is 0.383 e. The molecule has 14 heavy (non-hydrogen) atoms. The van der Waals surface area contributed by atoms with Crippen LogP contribution in [-0.4, -0.2) is 27.3 Å². The normalized spacial score (nSPS) is 10.2. The molecule has 0 heterocycles. The zero-order valence-electron chi connectivity index (χ0n) is 9.29. The van der Waals surface area contributed by atoms with Gasteiger partial charge in [-0.3, -0.25) is 0 Å². The fourth-order valence-corrected chi connectivity index (χ4v) is 1.37. The van der Waals surface area contributed by atoms with E-state index in [0.717, 1.165) is 19.6 Å². The molecule has 78 valence electrons. The van der Waals surface area contributed by atoms with E-state index in [0.29, 0.717) is 0 Å². The lowest BCUT2D eigenvalue weighted by Crippen LogP contribution is -2.21. The van der Waals surface area contributed by atoms with Gasteiger partial charge in [0.05, 0.1) is 6.61 Å². The Morgan fingerprint density at radius 1 is 1.36 bits per heavy atom. The van der Waals surface area contributed by atoms with Crippen LogP contribution in [-0.2, 0) is 11.2 Å². The summed E-state index contributed by atoms with van der Waals surface area (Å²) in [5, 5.41) is 0. The summed E-state index contributed by atoms with van der Waals surface area (Å²) in [7, 11) is 3.82. The first-order chi connectivity index (χ1) is 6.77. The topological polar surface area (TPSA) is 12.5 Å². The first kappa shape index (κ1) is 11.1. The van der Waals surface area contributed by atoms with Gasteiger partial charge in [0.25, 0.3) is 0 Å². The highest BCUT2D eigenvalue weighted by atomic mass is 16.5. The summed E-state index contributed by atoms with van der Waals surface area (Å²) in [6.45, 7) is 3.88. The molecule has 1 aromatic rings. The van der Waals surface area contributed by atoms with E-state index in [4.69, 9.17) is 4.74 Å². The third kappa shape index (κ3) is 3.04. The van der Waals surface area contributed by atoms with Crippen LogP contribution in [0, 0.1) is 0 Å². The van der Waals surface area contributed by atoms with Gasteiger partial charge >= 0.3 is 0 Å². The van der Waals surface area contributed by atoms with Crippen LogP contribution in [0.4, 0.5) is 5.69 Å². The summed E-state index contributed by atoms with van der Waals surface area (Å²) in [6, 6.07) is 8.63. The first-order valence-electron chi connectivity index (χ1n) is 5.07. The number of hydrogen-bond donors (Lipinski definition) is 0. The van der Waals surface area contributed by atoms with Gasteiger partial charge in [0, 0.05) is 26.4 Å². The molecule has 0 saturated carbocycles. The van der Waals surface area contributed by atoms with Crippen molar-refractivity contribution in [2.75, 3.05) is 32.2 Å². The van der Waals surface area contributed by atoms with E-state index in [2.05, 4.69) is 43.1 Å². The summed E-state index contributed by atoms with van der Waals surface area (Å²) < 4.78 is 5.05. The van der Waals surface area contributed by atoms with E-state index in [1.165, 1.54) is 11.3 Å². The Morgan fingerprint density at radius 2 is 2.14 bits per heavy atom. The van der Waals surface area contributed by atoms with Gasteiger partial charge in [0.2, 0.25) is 0 Å². The van der Waals surface area contributed by atoms with Crippen molar-refractivity contribution >= 4 is 5.69 Å². The quantitative estimate of drug-likeness (QED) is 0.711. The maximum Gasteiger partial charge on any atom is 0.0637 e. The lowest BCUT2D eigenvalue weighted by atomic mass is 10.1. The van der Waals surface area contributed by atoms with Crippen LogP contribution in [0.5, 0.6) is 0 Å². The third-order valence-corrected chi connectivity index (χ3v) is 2.39. The molecule has 0 amide bonds. The lowest BCUT2D eigenvalue weighted by Gasteiger charge is -2.19. The van der Waals surface area contributed by atoms with Gasteiger partial charge in [0.1, 0.15) is 0 Å². The summed E-state index contributed by atoms with van der Waals surface area (Å²) in [5.74, 6) is 0. The molecule has 0 unspecified atom stereocenters. The predicted octanol–water partition coefficient (Wildman–Crippen LogP) is 2.33. The average Bonchev–Trinajstić information content (AvgIpc) is 2.26. The lowest BCUT2D eigenvalue weighted by molar-refractivity contribution is 0.206. The summed E-state index contributed by atoms with van der Waals surface area (Å²) in [6.07, 6.45) is 1.09. The summed E-state index contributed by atoms with van der Waals surface area (Å²) in [5.41, 5.74) is 2.65. The minimum atomic E-state index is 0.771. The number of benzene rings is 1. The maximum absolute atomic E-state index is 5.05. The zero-order chi connectivity index (χ0) is 10.4. The van der Waals surface area contributed by atoms with E-state index < -0.39 is 0 Å². The number of nitrogens with zero attached hydrogens (tertiary/aromatic N) is 1. The summed E-state index contributed by atoms with van der Waals surface area (Å²) in [4.78, 5) is 2.21. The highest BCUT2D eigenvalue weighted by Crippen LogP contribution is 2.14. The Balaban J connectivity index is 2.64. The molecule has 0 N–H and O–H groups in total. The van der Waals surface area contributed by atoms with E-state index in [9.17, 15) is 0 Å². The van der Waals surface area contributed by atoms with Gasteiger partial charge < -0.3 is 9.64 Å². The van der Waals surface area contributed by atoms with Crippen molar-refractivity contribution in [1.29, 1.82) is 0 Å². The Morgan fingerprint density at radius 3 is 2.79 bits per heavy atom. The van der Waals surface area contributed by atoms with Crippen molar-refractivity contribution in [3.05, 3.63) is 29.8 Å². The van der Waals surface area contributed by atoms with Crippen molar-refractivity contribution in [1.82, 2.24) is 0 Å². The standard InChI is InChI=1S/C12H19NO/c1-4-11-6-5-7-12(10-11)13(2)8-9-14-3/h5-7,10H,4,8-9H2,1-3H3. The SMILES string of the molecule is CCc1cccc(N(C)CCOC)c1. The Kier molecular flexibility index (Phi) is 4.47. The molecule has 0 spiro atoms. The van der Waals surface area contributed by atoms with E-state index in [1.54, 1.807) is 7.11 Å². The molecular formula is C12H19NO. The molecule has 0 fully saturated rings. The van der Waals surface area contributed by atoms with Gasteiger partial charge in [-0.05, 0) is 24.1 Å². The third-order valence-electron chi connectivity index (χ3n) is 2.39. The Labute approximate surface area is 86.5 Å². The van der Waals surface area contributed by atoms with E-state index in [1.807, 2.05) is 0 Å². The zero-order valence-corrected chi connectivity index (χ0v) is 9.29. The van der Waals surface area contributed by atoms with Gasteiger partial charge in [0.15, 0.2) is 0 Å². The average molecular weight is 193 g/mol. The van der Waals surface area contributed by atoms with E-state index >= 15 is 0 Å². The number of ether oxygens (including phenoxy) is 1. The second-order valence-electron chi connectivity index (χ2n) is 3.44. The molecule has 0 bridgehead atoms. The first-order valence-corrected chi connectivity index (χ1v) is 5.07. The highest BCUT2D eigenvalue weighted by Gasteiger charge is 2.00. The second kappa shape index (κ2) is 5.66. The van der Waals surface area contributed by atoms with Crippen molar-refractivity contribution in [3.8, 4) is 0 Å². The van der Waals surface area contributed by atoms with Crippen LogP contribution in [0.1, 0.15) is 12.5 Å². The molecule has 0 saturated heterocycles. The maximum atomic E-state index is 5.05. The number of rotatable bonds is 5. The molecule has 2 heteroatoms. The minimum Gasteiger partial charge on any atom is -0.383 e. The number of anilines is 1. The Bertz CT molecular complexity index is 273. The fraction of sp³-hybridized carbons (Fsp3) is 0.500. The molecule has 0 aliphatic rings. The van der Waals surface area contributed by atoms with Crippen molar-refractivity contribution < 1.29 is 4.74 Å². The van der Waals surface area contributed by atoms with Crippen LogP contribution in [0.2, 0.25) is 0 Å². The molecule has 2 nitrogen and oxygen atoms in total. The van der Waals surface area contributed by atoms with Gasteiger partial charge in [-0.1, -0.05) is 19.1 Å². The van der Waals surface area contributed by atoms with Crippen LogP contribution < -0.4 is 4.90 Å². The Hall–Kier alpha value is -1.02. The molecule has 0 aliphatic heterocycles. The van der Waals surface area contributed by atoms with Crippen molar-refractivity contribution in [2.45, 2.75) is 13.3 Å². The monoisotopic (exact) mass is 193 g/mol. The van der Waals surface area contributed by atoms with Crippen LogP contribution >= 0.6 is 0 Å². The van der Waals surface area contributed by atoms with Crippen molar-refractivity contribution in [2.24, 2.45) is 0 Å². The summed E-state index contributed by atoms with van der Waals surface area (Å²) >= 11 is 0.